The molecule has 0 aliphatic carbocycles. The number of benzene rings is 1. The summed E-state index contributed by atoms with van der Waals surface area (Å²) in [6, 6.07) is 7.59. The van der Waals surface area contributed by atoms with E-state index in [-0.39, 0.29) is 6.54 Å². The summed E-state index contributed by atoms with van der Waals surface area (Å²) in [7, 11) is -3.65. The quantitative estimate of drug-likeness (QED) is 0.581. The van der Waals surface area contributed by atoms with Gasteiger partial charge in [0.1, 0.15) is 18.0 Å². The van der Waals surface area contributed by atoms with Crippen LogP contribution < -0.4 is 10.6 Å². The van der Waals surface area contributed by atoms with Gasteiger partial charge >= 0.3 is 0 Å². The highest BCUT2D eigenvalue weighted by atomic mass is 79.9. The summed E-state index contributed by atoms with van der Waals surface area (Å²) >= 11 is 3.34. The van der Waals surface area contributed by atoms with Crippen molar-refractivity contribution in [2.75, 3.05) is 11.6 Å². The summed E-state index contributed by atoms with van der Waals surface area (Å²) in [5.74, 6) is 1.11. The average Bonchev–Trinajstić information content (AvgIpc) is 3.15. The molecule has 0 fully saturated rings. The summed E-state index contributed by atoms with van der Waals surface area (Å²) in [5.41, 5.74) is 1.70. The van der Waals surface area contributed by atoms with E-state index < -0.39 is 15.0 Å². The number of H-pyrrole nitrogens is 1. The maximum Gasteiger partial charge on any atom is 0.293 e. The molecule has 9 nitrogen and oxygen atoms in total. The molecule has 3 heterocycles. The second kappa shape index (κ2) is 5.64. The number of sulfone groups is 1. The predicted octanol–water partition coefficient (Wildman–Crippen LogP) is 1.27. The Morgan fingerprint density at radius 3 is 2.92 bits per heavy atom. The first-order valence-corrected chi connectivity index (χ1v) is 10.0. The van der Waals surface area contributed by atoms with Crippen LogP contribution in [0.3, 0.4) is 0 Å². The van der Waals surface area contributed by atoms with E-state index in [1.54, 1.807) is 6.20 Å². The summed E-state index contributed by atoms with van der Waals surface area (Å²) in [4.78, 5) is 11.8. The molecule has 3 aromatic rings. The molecule has 4 rings (SSSR count). The third-order valence-corrected chi connectivity index (χ3v) is 5.86. The van der Waals surface area contributed by atoms with Crippen molar-refractivity contribution in [3.05, 3.63) is 40.8 Å². The minimum absolute atomic E-state index is 0.178. The molecule has 0 saturated heterocycles. The van der Waals surface area contributed by atoms with Crippen LogP contribution in [0, 0.1) is 0 Å². The number of halogens is 1. The Balaban J connectivity index is 1.66. The summed E-state index contributed by atoms with van der Waals surface area (Å²) in [5, 5.41) is 8.24. The van der Waals surface area contributed by atoms with E-state index in [2.05, 4.69) is 46.6 Å². The molecule has 25 heavy (non-hydrogen) atoms. The molecule has 1 aliphatic heterocycles. The third kappa shape index (κ3) is 2.73. The maximum atomic E-state index is 12.4. The molecule has 0 radical (unpaired) electrons. The topological polar surface area (TPSA) is 117 Å². The number of aromatic nitrogens is 4. The number of aromatic amines is 1. The molecule has 130 valence electrons. The Hall–Kier alpha value is -2.24. The zero-order valence-corrected chi connectivity index (χ0v) is 15.5. The molecule has 0 bridgehead atoms. The average molecular weight is 424 g/mol. The molecule has 2 aromatic heterocycles. The monoisotopic (exact) mass is 423 g/mol. The molecule has 1 unspecified atom stereocenters. The molecule has 11 heteroatoms. The van der Waals surface area contributed by atoms with Crippen molar-refractivity contribution in [2.24, 2.45) is 4.99 Å². The summed E-state index contributed by atoms with van der Waals surface area (Å²) < 4.78 is 27.0. The van der Waals surface area contributed by atoms with Crippen molar-refractivity contribution < 1.29 is 8.42 Å². The lowest BCUT2D eigenvalue weighted by Gasteiger charge is -2.32. The lowest BCUT2D eigenvalue weighted by Crippen LogP contribution is -2.57. The van der Waals surface area contributed by atoms with Crippen molar-refractivity contribution in [3.63, 3.8) is 0 Å². The molecule has 1 aromatic carbocycles. The van der Waals surface area contributed by atoms with E-state index in [9.17, 15) is 8.42 Å². The number of fused-ring (bicyclic) bond motifs is 2. The van der Waals surface area contributed by atoms with Crippen LogP contribution in [-0.4, -0.2) is 45.9 Å². The number of imidazole rings is 1. The Morgan fingerprint density at radius 1 is 1.36 bits per heavy atom. The highest BCUT2D eigenvalue weighted by molar-refractivity contribution is 9.10. The maximum absolute atomic E-state index is 12.4. The molecule has 0 amide bonds. The van der Waals surface area contributed by atoms with E-state index in [1.807, 2.05) is 24.3 Å². The first-order chi connectivity index (χ1) is 11.9. The molecular weight excluding hydrogens is 410 g/mol. The van der Waals surface area contributed by atoms with Gasteiger partial charge in [-0.3, -0.25) is 5.32 Å². The first kappa shape index (κ1) is 16.2. The summed E-state index contributed by atoms with van der Waals surface area (Å²) in [6.07, 6.45) is 4.04. The number of anilines is 1. The number of para-hydroxylation sites is 2. The third-order valence-electron chi connectivity index (χ3n) is 3.86. The van der Waals surface area contributed by atoms with Gasteiger partial charge in [-0.1, -0.05) is 12.1 Å². The van der Waals surface area contributed by atoms with Gasteiger partial charge in [-0.15, -0.1) is 0 Å². The lowest BCUT2D eigenvalue weighted by atomic mass is 10.3. The molecular formula is C14H14BrN7O2S. The standard InChI is InChI=1S/C14H14BrN7O2S/c1-25(23,24)14(17-8-22-13(21-14)9(15)6-18-22)16-7-12-19-10-4-2-3-5-11(10)20-12/h2-6,8,16,21H,7H2,1H3,(H,19,20). The number of hydrogen-bond acceptors (Lipinski definition) is 7. The van der Waals surface area contributed by atoms with Crippen molar-refractivity contribution in [1.82, 2.24) is 25.1 Å². The van der Waals surface area contributed by atoms with E-state index in [0.717, 1.165) is 17.3 Å². The van der Waals surface area contributed by atoms with Crippen LogP contribution in [0.15, 0.2) is 39.9 Å². The van der Waals surface area contributed by atoms with Gasteiger partial charge in [-0.05, 0) is 28.1 Å². The fraction of sp³-hybridized carbons (Fsp3) is 0.214. The van der Waals surface area contributed by atoms with Gasteiger partial charge in [0.05, 0.1) is 28.2 Å². The normalized spacial score (nSPS) is 19.8. The fourth-order valence-electron chi connectivity index (χ4n) is 2.58. The molecule has 1 aliphatic rings. The van der Waals surface area contributed by atoms with Gasteiger partial charge in [-0.2, -0.15) is 5.10 Å². The van der Waals surface area contributed by atoms with Crippen LogP contribution in [0.5, 0.6) is 0 Å². The van der Waals surface area contributed by atoms with Gasteiger partial charge < -0.3 is 10.3 Å². The van der Waals surface area contributed by atoms with Crippen LogP contribution in [0.2, 0.25) is 0 Å². The molecule has 1 atom stereocenters. The minimum Gasteiger partial charge on any atom is -0.341 e. The Kier molecular flexibility index (Phi) is 3.67. The van der Waals surface area contributed by atoms with E-state index in [4.69, 9.17) is 0 Å². The largest absolute Gasteiger partial charge is 0.341 e. The van der Waals surface area contributed by atoms with Crippen LogP contribution >= 0.6 is 15.9 Å². The van der Waals surface area contributed by atoms with Crippen molar-refractivity contribution in [1.29, 1.82) is 0 Å². The van der Waals surface area contributed by atoms with E-state index in [1.165, 1.54) is 11.0 Å². The van der Waals surface area contributed by atoms with Gasteiger partial charge in [0.15, 0.2) is 0 Å². The number of aliphatic imine (C=N–C) groups is 1. The molecule has 0 saturated carbocycles. The van der Waals surface area contributed by atoms with Crippen LogP contribution in [-0.2, 0) is 16.4 Å². The van der Waals surface area contributed by atoms with Gasteiger partial charge in [-0.25, -0.2) is 23.1 Å². The van der Waals surface area contributed by atoms with Gasteiger partial charge in [0.25, 0.3) is 5.12 Å². The molecule has 0 spiro atoms. The number of rotatable bonds is 4. The minimum atomic E-state index is -3.65. The summed E-state index contributed by atoms with van der Waals surface area (Å²) in [6.45, 7) is 0.178. The SMILES string of the molecule is CS(=O)(=O)C1(NCc2nc3ccccc3[nH]2)N=Cn2ncc(Br)c2N1. The smallest absolute Gasteiger partial charge is 0.293 e. The first-order valence-electron chi connectivity index (χ1n) is 7.33. The van der Waals surface area contributed by atoms with Crippen LogP contribution in [0.25, 0.3) is 11.0 Å². The number of hydrogen-bond donors (Lipinski definition) is 3. The zero-order valence-electron chi connectivity index (χ0n) is 13.1. The second-order valence-corrected chi connectivity index (χ2v) is 8.62. The van der Waals surface area contributed by atoms with Gasteiger partial charge in [0.2, 0.25) is 9.84 Å². The highest BCUT2D eigenvalue weighted by Gasteiger charge is 2.43. The predicted molar refractivity (Wildman–Crippen MR) is 97.9 cm³/mol. The number of nitrogens with one attached hydrogen (secondary N) is 3. The van der Waals surface area contributed by atoms with Crippen LogP contribution in [0.1, 0.15) is 5.82 Å². The second-order valence-electron chi connectivity index (χ2n) is 5.63. The van der Waals surface area contributed by atoms with E-state index in [0.29, 0.717) is 16.1 Å². The van der Waals surface area contributed by atoms with Crippen molar-refractivity contribution in [2.45, 2.75) is 11.7 Å². The van der Waals surface area contributed by atoms with Crippen molar-refractivity contribution in [3.8, 4) is 0 Å². The molecule has 3 N–H and O–H groups in total. The van der Waals surface area contributed by atoms with Crippen LogP contribution in [0.4, 0.5) is 5.82 Å². The highest BCUT2D eigenvalue weighted by Crippen LogP contribution is 2.29. The van der Waals surface area contributed by atoms with E-state index >= 15 is 0 Å². The Bertz CT molecular complexity index is 1050. The Morgan fingerprint density at radius 2 is 2.16 bits per heavy atom. The lowest BCUT2D eigenvalue weighted by molar-refractivity contribution is 0.465. The van der Waals surface area contributed by atoms with Gasteiger partial charge in [0, 0.05) is 6.26 Å². The number of nitrogens with zero attached hydrogens (tertiary/aromatic N) is 4. The van der Waals surface area contributed by atoms with Crippen molar-refractivity contribution >= 4 is 49.0 Å². The Labute approximate surface area is 151 Å². The zero-order chi connectivity index (χ0) is 17.7. The fourth-order valence-corrected chi connectivity index (χ4v) is 3.80.